The van der Waals surface area contributed by atoms with Gasteiger partial charge in [-0.25, -0.2) is 9.13 Å². The lowest BCUT2D eigenvalue weighted by atomic mass is 9.56. The lowest BCUT2D eigenvalue weighted by molar-refractivity contribution is -0.601. The van der Waals surface area contributed by atoms with Gasteiger partial charge in [-0.2, -0.15) is 0 Å². The molecular weight excluding hydrogens is 333 g/mol. The minimum atomic E-state index is 0.146. The molecule has 0 N–H and O–H groups in total. The van der Waals surface area contributed by atoms with Gasteiger partial charge in [-0.3, -0.25) is 0 Å². The summed E-state index contributed by atoms with van der Waals surface area (Å²) in [7, 11) is 4.24. The molecule has 3 heterocycles. The Balaban J connectivity index is 1.70. The smallest absolute Gasteiger partial charge is 0.368 e. The molecule has 1 aliphatic heterocycles. The van der Waals surface area contributed by atoms with E-state index in [4.69, 9.17) is 4.42 Å². The normalized spacial score (nSPS) is 13.4. The van der Waals surface area contributed by atoms with Gasteiger partial charge in [0.1, 0.15) is 28.5 Å². The zero-order valence-electron chi connectivity index (χ0n) is 15.8. The van der Waals surface area contributed by atoms with Crippen LogP contribution in [0.15, 0.2) is 65.2 Å². The Bertz CT molecular complexity index is 1270. The van der Waals surface area contributed by atoms with Crippen molar-refractivity contribution < 1.29 is 8.98 Å². The van der Waals surface area contributed by atoms with Gasteiger partial charge in [0.2, 0.25) is 0 Å². The summed E-state index contributed by atoms with van der Waals surface area (Å²) in [5.41, 5.74) is 4.28. The first-order valence-electron chi connectivity index (χ1n) is 9.20. The highest BCUT2D eigenvalue weighted by atomic mass is 16.3. The molecule has 2 aromatic carbocycles. The number of fused-ring (bicyclic) bond motifs is 3. The first-order valence-corrected chi connectivity index (χ1v) is 9.20. The van der Waals surface area contributed by atoms with Gasteiger partial charge >= 0.3 is 6.85 Å². The Morgan fingerprint density at radius 2 is 1.70 bits per heavy atom. The standard InChI is InChI=1S/C22H21BN3O/c1-16-25(3)22(15-26(16)17-9-5-4-6-10-17)23-13-19-18-11-7-8-12-20(18)27-21(19)14-24(23)2/h4-15H,1-3H3/q+1. The van der Waals surface area contributed by atoms with Gasteiger partial charge in [0.25, 0.3) is 5.82 Å². The molecule has 0 radical (unpaired) electrons. The Hall–Kier alpha value is -3.21. The molecule has 0 spiro atoms. The van der Waals surface area contributed by atoms with E-state index in [9.17, 15) is 0 Å². The van der Waals surface area contributed by atoms with Crippen molar-refractivity contribution in [3.63, 3.8) is 0 Å². The van der Waals surface area contributed by atoms with Crippen molar-refractivity contribution in [1.29, 1.82) is 0 Å². The molecule has 1 aliphatic rings. The zero-order valence-corrected chi connectivity index (χ0v) is 15.8. The highest BCUT2D eigenvalue weighted by Gasteiger charge is 2.32. The van der Waals surface area contributed by atoms with Crippen molar-refractivity contribution in [2.45, 2.75) is 6.92 Å². The van der Waals surface area contributed by atoms with Crippen molar-refractivity contribution in [2.75, 3.05) is 7.05 Å². The highest BCUT2D eigenvalue weighted by molar-refractivity contribution is 6.83. The van der Waals surface area contributed by atoms with Gasteiger partial charge in [-0.1, -0.05) is 42.4 Å². The van der Waals surface area contributed by atoms with Crippen molar-refractivity contribution in [1.82, 2.24) is 9.38 Å². The molecule has 0 amide bonds. The Kier molecular flexibility index (Phi) is 3.50. The van der Waals surface area contributed by atoms with Crippen molar-refractivity contribution in [3.05, 3.63) is 77.3 Å². The van der Waals surface area contributed by atoms with E-state index in [-0.39, 0.29) is 6.85 Å². The summed E-state index contributed by atoms with van der Waals surface area (Å²) < 4.78 is 10.6. The number of imidazole rings is 1. The average molecular weight is 354 g/mol. The van der Waals surface area contributed by atoms with E-state index < -0.39 is 0 Å². The third-order valence-electron chi connectivity index (χ3n) is 5.57. The second-order valence-electron chi connectivity index (χ2n) is 7.15. The molecule has 0 fully saturated rings. The quantitative estimate of drug-likeness (QED) is 0.400. The molecule has 27 heavy (non-hydrogen) atoms. The number of benzene rings is 2. The summed E-state index contributed by atoms with van der Waals surface area (Å²) in [6, 6.07) is 18.7. The monoisotopic (exact) mass is 354 g/mol. The Morgan fingerprint density at radius 3 is 2.52 bits per heavy atom. The fourth-order valence-corrected chi connectivity index (χ4v) is 3.97. The number of nitrogens with zero attached hydrogens (tertiary/aromatic N) is 3. The zero-order chi connectivity index (χ0) is 18.5. The molecule has 0 unspecified atom stereocenters. The van der Waals surface area contributed by atoms with Crippen molar-refractivity contribution >= 4 is 35.6 Å². The van der Waals surface area contributed by atoms with Gasteiger partial charge in [0, 0.05) is 23.7 Å². The van der Waals surface area contributed by atoms with Gasteiger partial charge < -0.3 is 9.23 Å². The van der Waals surface area contributed by atoms with E-state index in [2.05, 4.69) is 89.7 Å². The predicted molar refractivity (Wildman–Crippen MR) is 109 cm³/mol. The lowest BCUT2D eigenvalue weighted by Crippen LogP contribution is -2.50. The van der Waals surface area contributed by atoms with Crippen LogP contribution in [0.1, 0.15) is 5.82 Å². The molecule has 4 nitrogen and oxygen atoms in total. The Labute approximate surface area is 158 Å². The SMILES string of the molecule is Cc1n(C)c(B2C=c3c(oc4ccccc34)=CN2C)c[n+]1-c1ccccc1. The van der Waals surface area contributed by atoms with E-state index >= 15 is 0 Å². The van der Waals surface area contributed by atoms with Gasteiger partial charge in [-0.15, -0.1) is 0 Å². The van der Waals surface area contributed by atoms with E-state index in [1.807, 2.05) is 18.2 Å². The highest BCUT2D eigenvalue weighted by Crippen LogP contribution is 2.10. The molecule has 4 aromatic rings. The molecule has 2 aromatic heterocycles. The van der Waals surface area contributed by atoms with Gasteiger partial charge in [0.15, 0.2) is 0 Å². The average Bonchev–Trinajstić information content (AvgIpc) is 3.19. The summed E-state index contributed by atoms with van der Waals surface area (Å²) >= 11 is 0. The molecule has 0 saturated heterocycles. The Morgan fingerprint density at radius 1 is 0.963 bits per heavy atom. The van der Waals surface area contributed by atoms with E-state index in [0.717, 1.165) is 11.0 Å². The lowest BCUT2D eigenvalue weighted by Gasteiger charge is -2.20. The molecule has 5 heteroatoms. The molecule has 0 saturated carbocycles. The van der Waals surface area contributed by atoms with Crippen molar-refractivity contribution in [2.24, 2.45) is 7.05 Å². The number of para-hydroxylation sites is 2. The van der Waals surface area contributed by atoms with E-state index in [0.29, 0.717) is 0 Å². The maximum atomic E-state index is 6.03. The van der Waals surface area contributed by atoms with Crippen LogP contribution in [0.4, 0.5) is 0 Å². The fraction of sp³-hybridized carbons (Fsp3) is 0.136. The third-order valence-corrected chi connectivity index (χ3v) is 5.57. The van der Waals surface area contributed by atoms with Crippen LogP contribution in [0.2, 0.25) is 0 Å². The second kappa shape index (κ2) is 5.91. The van der Waals surface area contributed by atoms with Crippen LogP contribution < -0.4 is 20.8 Å². The predicted octanol–water partition coefficient (Wildman–Crippen LogP) is 1.26. The third kappa shape index (κ3) is 2.42. The maximum absolute atomic E-state index is 6.03. The number of hydrogen-bond donors (Lipinski definition) is 0. The van der Waals surface area contributed by atoms with E-state index in [1.165, 1.54) is 27.7 Å². The van der Waals surface area contributed by atoms with Crippen LogP contribution in [0.3, 0.4) is 0 Å². The number of furan rings is 1. The second-order valence-corrected chi connectivity index (χ2v) is 7.15. The van der Waals surface area contributed by atoms with Crippen molar-refractivity contribution in [3.8, 4) is 5.69 Å². The molecule has 0 aliphatic carbocycles. The molecular formula is C22H21BN3O+. The van der Waals surface area contributed by atoms with Crippen LogP contribution in [0.5, 0.6) is 0 Å². The number of aromatic nitrogens is 2. The van der Waals surface area contributed by atoms with Crippen LogP contribution in [0, 0.1) is 6.92 Å². The first kappa shape index (κ1) is 16.0. The fourth-order valence-electron chi connectivity index (χ4n) is 3.97. The summed E-state index contributed by atoms with van der Waals surface area (Å²) in [6.07, 6.45) is 4.35. The summed E-state index contributed by atoms with van der Waals surface area (Å²) in [6.45, 7) is 2.30. The number of rotatable bonds is 2. The van der Waals surface area contributed by atoms with Crippen LogP contribution >= 0.6 is 0 Å². The minimum absolute atomic E-state index is 0.146. The maximum Gasteiger partial charge on any atom is 0.368 e. The molecule has 132 valence electrons. The minimum Gasteiger partial charge on any atom is -0.455 e. The number of hydrogen-bond acceptors (Lipinski definition) is 2. The van der Waals surface area contributed by atoms with Crippen LogP contribution in [-0.2, 0) is 7.05 Å². The molecule has 0 atom stereocenters. The molecule has 0 bridgehead atoms. The molecule has 5 rings (SSSR count). The largest absolute Gasteiger partial charge is 0.455 e. The first-order chi connectivity index (χ1) is 13.1. The summed E-state index contributed by atoms with van der Waals surface area (Å²) in [4.78, 5) is 2.22. The van der Waals surface area contributed by atoms with E-state index in [1.54, 1.807) is 0 Å². The topological polar surface area (TPSA) is 25.2 Å². The van der Waals surface area contributed by atoms with Gasteiger partial charge in [-0.05, 0) is 25.2 Å². The van der Waals surface area contributed by atoms with Crippen LogP contribution in [0.25, 0.3) is 28.8 Å². The van der Waals surface area contributed by atoms with Gasteiger partial charge in [0.05, 0.1) is 7.05 Å². The summed E-state index contributed by atoms with van der Waals surface area (Å²) in [5.74, 6) is 3.51. The van der Waals surface area contributed by atoms with Crippen LogP contribution in [-0.4, -0.2) is 23.3 Å². The summed E-state index contributed by atoms with van der Waals surface area (Å²) in [5, 5.41) is 2.35.